The molecule has 6 nitrogen and oxygen atoms in total. The van der Waals surface area contributed by atoms with Gasteiger partial charge in [-0.2, -0.15) is 0 Å². The number of aromatic nitrogens is 2. The molecule has 0 unspecified atom stereocenters. The molecule has 0 aliphatic carbocycles. The van der Waals surface area contributed by atoms with Crippen molar-refractivity contribution in [3.8, 4) is 0 Å². The largest absolute Gasteiger partial charge is 0.395 e. The van der Waals surface area contributed by atoms with Gasteiger partial charge in [0.05, 0.1) is 12.2 Å². The number of rotatable bonds is 4. The Kier molecular flexibility index (Phi) is 4.27. The molecule has 0 fully saturated rings. The van der Waals surface area contributed by atoms with E-state index in [4.69, 9.17) is 5.11 Å². The summed E-state index contributed by atoms with van der Waals surface area (Å²) in [6.45, 7) is 1.90. The molecule has 20 heavy (non-hydrogen) atoms. The fourth-order valence-corrected chi connectivity index (χ4v) is 1.68. The summed E-state index contributed by atoms with van der Waals surface area (Å²) in [5.41, 5.74) is 1.07. The van der Waals surface area contributed by atoms with Crippen molar-refractivity contribution in [2.45, 2.75) is 13.5 Å². The fraction of sp³-hybridized carbons (Fsp3) is 0.214. The zero-order valence-electron chi connectivity index (χ0n) is 11.0. The summed E-state index contributed by atoms with van der Waals surface area (Å²) in [5, 5.41) is 11.5. The van der Waals surface area contributed by atoms with Crippen LogP contribution in [0.3, 0.4) is 0 Å². The molecule has 2 aromatic rings. The van der Waals surface area contributed by atoms with Crippen molar-refractivity contribution < 1.29 is 9.90 Å². The van der Waals surface area contributed by atoms with Crippen LogP contribution in [0, 0.1) is 6.92 Å². The number of hydrogen-bond donors (Lipinski definition) is 2. The van der Waals surface area contributed by atoms with Crippen molar-refractivity contribution in [2.24, 2.45) is 0 Å². The number of hydrogen-bond acceptors (Lipinski definition) is 4. The average Bonchev–Trinajstić information content (AvgIpc) is 2.44. The molecule has 1 amide bonds. The van der Waals surface area contributed by atoms with Gasteiger partial charge in [-0.15, -0.1) is 0 Å². The number of anilines is 1. The number of pyridine rings is 2. The van der Waals surface area contributed by atoms with Crippen molar-refractivity contribution in [3.05, 3.63) is 58.1 Å². The number of nitrogens with one attached hydrogen (secondary N) is 1. The first-order chi connectivity index (χ1) is 9.60. The second kappa shape index (κ2) is 6.12. The number of carbonyl (C=O) groups excluding carboxylic acids is 1. The standard InChI is InChI=1S/C14H15N3O3/c1-10-2-4-12(15-8-10)16-14(20)11-3-5-13(19)17(9-11)6-7-18/h2-5,8-9,18H,6-7H2,1H3,(H,15,16,20). The first kappa shape index (κ1) is 14.0. The van der Waals surface area contributed by atoms with Gasteiger partial charge in [0.2, 0.25) is 0 Å². The van der Waals surface area contributed by atoms with Gasteiger partial charge < -0.3 is 15.0 Å². The SMILES string of the molecule is Cc1ccc(NC(=O)c2ccc(=O)n(CCO)c2)nc1. The molecule has 0 radical (unpaired) electrons. The predicted molar refractivity (Wildman–Crippen MR) is 74.7 cm³/mol. The van der Waals surface area contributed by atoms with E-state index in [1.54, 1.807) is 12.3 Å². The Morgan fingerprint density at radius 2 is 2.15 bits per heavy atom. The number of aryl methyl sites for hydroxylation is 1. The number of aliphatic hydroxyl groups is 1. The maximum absolute atomic E-state index is 12.0. The van der Waals surface area contributed by atoms with E-state index < -0.39 is 0 Å². The molecular formula is C14H15N3O3. The Morgan fingerprint density at radius 3 is 2.80 bits per heavy atom. The van der Waals surface area contributed by atoms with Crippen LogP contribution >= 0.6 is 0 Å². The third-order valence-corrected chi connectivity index (χ3v) is 2.74. The van der Waals surface area contributed by atoms with Crippen LogP contribution in [0.25, 0.3) is 0 Å². The molecule has 2 N–H and O–H groups in total. The van der Waals surface area contributed by atoms with E-state index in [-0.39, 0.29) is 24.6 Å². The van der Waals surface area contributed by atoms with Gasteiger partial charge in [0.15, 0.2) is 0 Å². The molecule has 0 saturated heterocycles. The van der Waals surface area contributed by atoms with E-state index in [0.29, 0.717) is 11.4 Å². The van der Waals surface area contributed by atoms with E-state index >= 15 is 0 Å². The lowest BCUT2D eigenvalue weighted by Gasteiger charge is -2.07. The van der Waals surface area contributed by atoms with Gasteiger partial charge >= 0.3 is 0 Å². The van der Waals surface area contributed by atoms with E-state index in [0.717, 1.165) is 5.56 Å². The molecule has 2 rings (SSSR count). The maximum Gasteiger partial charge on any atom is 0.258 e. The monoisotopic (exact) mass is 273 g/mol. The molecule has 2 heterocycles. The zero-order valence-corrected chi connectivity index (χ0v) is 11.0. The molecule has 104 valence electrons. The molecule has 0 aliphatic heterocycles. The van der Waals surface area contributed by atoms with Gasteiger partial charge in [-0.3, -0.25) is 9.59 Å². The minimum Gasteiger partial charge on any atom is -0.395 e. The van der Waals surface area contributed by atoms with Gasteiger partial charge in [0.25, 0.3) is 11.5 Å². The second-order valence-electron chi connectivity index (χ2n) is 4.35. The fourth-order valence-electron chi connectivity index (χ4n) is 1.68. The average molecular weight is 273 g/mol. The van der Waals surface area contributed by atoms with Crippen molar-refractivity contribution in [2.75, 3.05) is 11.9 Å². The lowest BCUT2D eigenvalue weighted by molar-refractivity contribution is 0.102. The van der Waals surface area contributed by atoms with E-state index in [2.05, 4.69) is 10.3 Å². The van der Waals surface area contributed by atoms with E-state index in [9.17, 15) is 9.59 Å². The molecule has 2 aromatic heterocycles. The number of amides is 1. The highest BCUT2D eigenvalue weighted by molar-refractivity contribution is 6.03. The normalized spacial score (nSPS) is 10.3. The van der Waals surface area contributed by atoms with Crippen LogP contribution in [-0.2, 0) is 6.54 Å². The summed E-state index contributed by atoms with van der Waals surface area (Å²) in [7, 11) is 0. The summed E-state index contributed by atoms with van der Waals surface area (Å²) in [6.07, 6.45) is 3.07. The topological polar surface area (TPSA) is 84.2 Å². The highest BCUT2D eigenvalue weighted by atomic mass is 16.3. The van der Waals surface area contributed by atoms with Gasteiger partial charge in [0.1, 0.15) is 5.82 Å². The molecule has 0 bridgehead atoms. The zero-order chi connectivity index (χ0) is 14.5. The summed E-state index contributed by atoms with van der Waals surface area (Å²) in [4.78, 5) is 27.6. The highest BCUT2D eigenvalue weighted by Crippen LogP contribution is 2.06. The molecule has 6 heteroatoms. The molecule has 0 saturated carbocycles. The Balaban J connectivity index is 2.18. The lowest BCUT2D eigenvalue weighted by atomic mass is 10.2. The number of carbonyl (C=O) groups is 1. The van der Waals surface area contributed by atoms with Crippen LogP contribution in [-0.4, -0.2) is 27.2 Å². The minimum atomic E-state index is -0.354. The molecular weight excluding hydrogens is 258 g/mol. The Morgan fingerprint density at radius 1 is 1.35 bits per heavy atom. The van der Waals surface area contributed by atoms with E-state index in [1.807, 2.05) is 13.0 Å². The van der Waals surface area contributed by atoms with E-state index in [1.165, 1.54) is 22.9 Å². The van der Waals surface area contributed by atoms with Crippen LogP contribution in [0.4, 0.5) is 5.82 Å². The van der Waals surface area contributed by atoms with Crippen LogP contribution in [0.1, 0.15) is 15.9 Å². The summed E-state index contributed by atoms with van der Waals surface area (Å²) in [6, 6.07) is 6.29. The van der Waals surface area contributed by atoms with Crippen molar-refractivity contribution >= 4 is 11.7 Å². The summed E-state index contributed by atoms with van der Waals surface area (Å²) >= 11 is 0. The van der Waals surface area contributed by atoms with Gasteiger partial charge in [-0.05, 0) is 24.6 Å². The molecule has 0 spiro atoms. The predicted octanol–water partition coefficient (Wildman–Crippen LogP) is 0.796. The molecule has 0 aliphatic rings. The van der Waals surface area contributed by atoms with Crippen LogP contribution in [0.2, 0.25) is 0 Å². The Hall–Kier alpha value is -2.47. The first-order valence-electron chi connectivity index (χ1n) is 6.15. The summed E-state index contributed by atoms with van der Waals surface area (Å²) < 4.78 is 1.29. The quantitative estimate of drug-likeness (QED) is 0.863. The first-order valence-corrected chi connectivity index (χ1v) is 6.15. The minimum absolute atomic E-state index is 0.155. The van der Waals surface area contributed by atoms with Crippen molar-refractivity contribution in [1.82, 2.24) is 9.55 Å². The van der Waals surface area contributed by atoms with Crippen molar-refractivity contribution in [1.29, 1.82) is 0 Å². The number of aliphatic hydroxyl groups excluding tert-OH is 1. The maximum atomic E-state index is 12.0. The smallest absolute Gasteiger partial charge is 0.258 e. The molecule has 0 atom stereocenters. The van der Waals surface area contributed by atoms with Crippen LogP contribution < -0.4 is 10.9 Å². The third-order valence-electron chi connectivity index (χ3n) is 2.74. The summed E-state index contributed by atoms with van der Waals surface area (Å²) in [5.74, 6) is 0.0913. The Labute approximate surface area is 115 Å². The molecule has 0 aromatic carbocycles. The van der Waals surface area contributed by atoms with Gasteiger partial charge in [-0.1, -0.05) is 6.07 Å². The Bertz CT molecular complexity index is 662. The van der Waals surface area contributed by atoms with Crippen LogP contribution in [0.5, 0.6) is 0 Å². The van der Waals surface area contributed by atoms with Crippen molar-refractivity contribution in [3.63, 3.8) is 0 Å². The van der Waals surface area contributed by atoms with Gasteiger partial charge in [-0.25, -0.2) is 4.98 Å². The van der Waals surface area contributed by atoms with Crippen LogP contribution in [0.15, 0.2) is 41.5 Å². The highest BCUT2D eigenvalue weighted by Gasteiger charge is 2.08. The number of nitrogens with zero attached hydrogens (tertiary/aromatic N) is 2. The third kappa shape index (κ3) is 3.30. The lowest BCUT2D eigenvalue weighted by Crippen LogP contribution is -2.23. The second-order valence-corrected chi connectivity index (χ2v) is 4.35. The van der Waals surface area contributed by atoms with Gasteiger partial charge in [0, 0.05) is 25.0 Å².